The largest absolute Gasteiger partial charge is 0.309 e. The molecule has 0 aliphatic heterocycles. The van der Waals surface area contributed by atoms with Gasteiger partial charge in [-0.15, -0.1) is 0 Å². The van der Waals surface area contributed by atoms with Crippen molar-refractivity contribution >= 4 is 12.6 Å². The molecule has 1 N–H and O–H groups in total. The summed E-state index contributed by atoms with van der Waals surface area (Å²) < 4.78 is 0. The molecule has 0 aliphatic rings. The lowest BCUT2D eigenvalue weighted by Crippen LogP contribution is -2.47. The Morgan fingerprint density at radius 3 is 2.10 bits per heavy atom. The summed E-state index contributed by atoms with van der Waals surface area (Å²) in [5.74, 6) is 0.904. The second kappa shape index (κ2) is 4.24. The van der Waals surface area contributed by atoms with Gasteiger partial charge in [0.25, 0.3) is 0 Å². The molecule has 2 heteroatoms. The summed E-state index contributed by atoms with van der Waals surface area (Å²) in [5.41, 5.74) is 0.220. The first-order valence-corrected chi connectivity index (χ1v) is 4.56. The van der Waals surface area contributed by atoms with Gasteiger partial charge in [-0.05, 0) is 13.3 Å². The van der Waals surface area contributed by atoms with Crippen LogP contribution < -0.4 is 5.32 Å². The zero-order chi connectivity index (χ0) is 8.20. The average molecular weight is 161 g/mol. The van der Waals surface area contributed by atoms with E-state index in [0.29, 0.717) is 6.04 Å². The van der Waals surface area contributed by atoms with E-state index in [4.69, 9.17) is 0 Å². The molecular weight excluding hydrogens is 142 g/mol. The number of hydrogen-bond acceptors (Lipinski definition) is 2. The molecule has 0 fully saturated rings. The third-order valence-corrected chi connectivity index (χ3v) is 2.46. The Labute approximate surface area is 70.0 Å². The fourth-order valence-corrected chi connectivity index (χ4v) is 1.27. The average Bonchev–Trinajstić information content (AvgIpc) is 1.87. The number of thiol groups is 1. The van der Waals surface area contributed by atoms with Crippen LogP contribution >= 0.6 is 12.6 Å². The lowest BCUT2D eigenvalue weighted by atomic mass is 10.0. The quantitative estimate of drug-likeness (QED) is 0.602. The van der Waals surface area contributed by atoms with E-state index in [1.807, 2.05) is 0 Å². The minimum Gasteiger partial charge on any atom is -0.309 e. The summed E-state index contributed by atoms with van der Waals surface area (Å²) in [6, 6.07) is 0.553. The van der Waals surface area contributed by atoms with E-state index in [1.54, 1.807) is 0 Å². The van der Waals surface area contributed by atoms with Gasteiger partial charge in [-0.2, -0.15) is 12.6 Å². The van der Waals surface area contributed by atoms with Gasteiger partial charge in [-0.25, -0.2) is 0 Å². The maximum absolute atomic E-state index is 4.29. The highest BCUT2D eigenvalue weighted by atomic mass is 32.1. The zero-order valence-electron chi connectivity index (χ0n) is 7.44. The molecule has 10 heavy (non-hydrogen) atoms. The fourth-order valence-electron chi connectivity index (χ4n) is 0.956. The minimum atomic E-state index is 0.220. The van der Waals surface area contributed by atoms with Crippen LogP contribution in [0.1, 0.15) is 34.1 Å². The molecule has 0 bridgehead atoms. The van der Waals surface area contributed by atoms with Crippen molar-refractivity contribution in [1.29, 1.82) is 0 Å². The predicted octanol–water partition coefficient (Wildman–Crippen LogP) is 2.08. The van der Waals surface area contributed by atoms with Gasteiger partial charge in [0.2, 0.25) is 0 Å². The van der Waals surface area contributed by atoms with Crippen LogP contribution in [0.3, 0.4) is 0 Å². The van der Waals surface area contributed by atoms with Crippen LogP contribution in [0.4, 0.5) is 0 Å². The third kappa shape index (κ3) is 3.47. The lowest BCUT2D eigenvalue weighted by Gasteiger charge is -2.30. The summed E-state index contributed by atoms with van der Waals surface area (Å²) in [4.78, 5) is 0. The molecule has 1 nitrogen and oxygen atoms in total. The van der Waals surface area contributed by atoms with E-state index in [1.165, 1.54) is 0 Å². The Kier molecular flexibility index (Phi) is 4.37. The van der Waals surface area contributed by atoms with Crippen LogP contribution in [0, 0.1) is 0 Å². The molecule has 0 heterocycles. The van der Waals surface area contributed by atoms with Crippen molar-refractivity contribution in [3.8, 4) is 0 Å². The topological polar surface area (TPSA) is 12.0 Å². The molecule has 0 amide bonds. The van der Waals surface area contributed by atoms with Gasteiger partial charge in [0.15, 0.2) is 0 Å². The van der Waals surface area contributed by atoms with E-state index >= 15 is 0 Å². The summed E-state index contributed by atoms with van der Waals surface area (Å²) in [7, 11) is 0. The van der Waals surface area contributed by atoms with Crippen molar-refractivity contribution < 1.29 is 0 Å². The van der Waals surface area contributed by atoms with Crippen LogP contribution in [0.5, 0.6) is 0 Å². The molecule has 0 rings (SSSR count). The summed E-state index contributed by atoms with van der Waals surface area (Å²) in [5, 5.41) is 3.48. The Morgan fingerprint density at radius 2 is 2.00 bits per heavy atom. The van der Waals surface area contributed by atoms with Crippen LogP contribution in [-0.2, 0) is 0 Å². The summed E-state index contributed by atoms with van der Waals surface area (Å²) >= 11 is 4.29. The predicted molar refractivity (Wildman–Crippen MR) is 50.8 cm³/mol. The molecular formula is C8H19NS. The van der Waals surface area contributed by atoms with Gasteiger partial charge < -0.3 is 5.32 Å². The van der Waals surface area contributed by atoms with Crippen molar-refractivity contribution in [2.75, 3.05) is 5.75 Å². The summed E-state index contributed by atoms with van der Waals surface area (Å²) in [6.07, 6.45) is 1.13. The molecule has 0 radical (unpaired) electrons. The van der Waals surface area contributed by atoms with Crippen molar-refractivity contribution in [2.45, 2.75) is 45.7 Å². The molecule has 1 atom stereocenters. The molecule has 1 unspecified atom stereocenters. The molecule has 0 saturated heterocycles. The Morgan fingerprint density at radius 1 is 1.50 bits per heavy atom. The standard InChI is InChI=1S/C8H19NS/c1-5-8(4,6-10)9-7(2)3/h7,9-10H,5-6H2,1-4H3. The Bertz CT molecular complexity index is 87.3. The SMILES string of the molecule is CCC(C)(CS)NC(C)C. The second-order valence-corrected chi connectivity index (χ2v) is 3.69. The van der Waals surface area contributed by atoms with Gasteiger partial charge in [0.1, 0.15) is 0 Å². The Balaban J connectivity index is 3.80. The first kappa shape index (κ1) is 10.3. The van der Waals surface area contributed by atoms with Crippen LogP contribution in [-0.4, -0.2) is 17.3 Å². The maximum atomic E-state index is 4.29. The molecule has 0 aromatic heterocycles. The van der Waals surface area contributed by atoms with Crippen molar-refractivity contribution in [3.05, 3.63) is 0 Å². The van der Waals surface area contributed by atoms with Crippen molar-refractivity contribution in [1.82, 2.24) is 5.32 Å². The minimum absolute atomic E-state index is 0.220. The van der Waals surface area contributed by atoms with Crippen LogP contribution in [0.2, 0.25) is 0 Å². The summed E-state index contributed by atoms with van der Waals surface area (Å²) in [6.45, 7) is 8.72. The molecule has 0 aliphatic carbocycles. The van der Waals surface area contributed by atoms with Gasteiger partial charge in [0.05, 0.1) is 0 Å². The third-order valence-electron chi connectivity index (χ3n) is 1.77. The van der Waals surface area contributed by atoms with Crippen LogP contribution in [0.25, 0.3) is 0 Å². The van der Waals surface area contributed by atoms with E-state index < -0.39 is 0 Å². The molecule has 62 valence electrons. The highest BCUT2D eigenvalue weighted by Gasteiger charge is 2.19. The van der Waals surface area contributed by atoms with Gasteiger partial charge in [-0.1, -0.05) is 20.8 Å². The first-order chi connectivity index (χ1) is 4.54. The van der Waals surface area contributed by atoms with E-state index in [2.05, 4.69) is 45.6 Å². The van der Waals surface area contributed by atoms with E-state index in [-0.39, 0.29) is 5.54 Å². The molecule has 0 saturated carbocycles. The lowest BCUT2D eigenvalue weighted by molar-refractivity contribution is 0.352. The Hall–Kier alpha value is 0.310. The molecule has 0 aromatic rings. The molecule has 0 spiro atoms. The number of nitrogens with one attached hydrogen (secondary N) is 1. The monoisotopic (exact) mass is 161 g/mol. The first-order valence-electron chi connectivity index (χ1n) is 3.92. The zero-order valence-corrected chi connectivity index (χ0v) is 8.33. The smallest absolute Gasteiger partial charge is 0.0240 e. The van der Waals surface area contributed by atoms with Gasteiger partial charge in [-0.3, -0.25) is 0 Å². The fraction of sp³-hybridized carbons (Fsp3) is 1.00. The number of hydrogen-bond donors (Lipinski definition) is 2. The second-order valence-electron chi connectivity index (χ2n) is 3.37. The van der Waals surface area contributed by atoms with Crippen molar-refractivity contribution in [2.24, 2.45) is 0 Å². The van der Waals surface area contributed by atoms with Gasteiger partial charge >= 0.3 is 0 Å². The number of rotatable bonds is 4. The highest BCUT2D eigenvalue weighted by molar-refractivity contribution is 7.80. The van der Waals surface area contributed by atoms with Crippen LogP contribution in [0.15, 0.2) is 0 Å². The van der Waals surface area contributed by atoms with Gasteiger partial charge in [0, 0.05) is 17.3 Å². The van der Waals surface area contributed by atoms with E-state index in [0.717, 1.165) is 12.2 Å². The van der Waals surface area contributed by atoms with E-state index in [9.17, 15) is 0 Å². The maximum Gasteiger partial charge on any atom is 0.0240 e. The highest BCUT2D eigenvalue weighted by Crippen LogP contribution is 2.11. The van der Waals surface area contributed by atoms with Crippen molar-refractivity contribution in [3.63, 3.8) is 0 Å². The normalized spacial score (nSPS) is 17.4. The molecule has 0 aromatic carbocycles.